The quantitative estimate of drug-likeness (QED) is 0.449. The molecule has 0 saturated heterocycles. The molecule has 4 aromatic rings. The van der Waals surface area contributed by atoms with E-state index < -0.39 is 0 Å². The monoisotopic (exact) mass is 405 g/mol. The van der Waals surface area contributed by atoms with E-state index >= 15 is 0 Å². The molecule has 30 heavy (non-hydrogen) atoms. The molecule has 0 aliphatic rings. The van der Waals surface area contributed by atoms with E-state index in [9.17, 15) is 4.79 Å². The van der Waals surface area contributed by atoms with Gasteiger partial charge in [-0.15, -0.1) is 0 Å². The fraction of sp³-hybridized carbons (Fsp3) is 0.208. The smallest absolute Gasteiger partial charge is 0.259 e. The standard InChI is InChI=1S/C24H23NO5/c1-27-16-7-5-15(6-8-16)14-25-21-11-17(28-2)9-10-18(21)19-12-22(29-3)23(30-4)13-20(19)24(25)26/h5-13H,14H2,1-4H3. The van der Waals surface area contributed by atoms with Gasteiger partial charge in [-0.3, -0.25) is 4.79 Å². The maximum absolute atomic E-state index is 13.5. The minimum Gasteiger partial charge on any atom is -0.497 e. The first kappa shape index (κ1) is 19.6. The van der Waals surface area contributed by atoms with Gasteiger partial charge in [-0.2, -0.15) is 0 Å². The molecule has 0 aliphatic carbocycles. The van der Waals surface area contributed by atoms with Crippen LogP contribution in [0.25, 0.3) is 21.7 Å². The van der Waals surface area contributed by atoms with Crippen LogP contribution in [0.4, 0.5) is 0 Å². The summed E-state index contributed by atoms with van der Waals surface area (Å²) in [5, 5.41) is 2.31. The Morgan fingerprint density at radius 1 is 0.667 bits per heavy atom. The van der Waals surface area contributed by atoms with Crippen molar-refractivity contribution in [2.45, 2.75) is 6.54 Å². The third-order valence-corrected chi connectivity index (χ3v) is 5.28. The predicted octanol–water partition coefficient (Wildman–Crippen LogP) is 4.24. The molecule has 0 spiro atoms. The average Bonchev–Trinajstić information content (AvgIpc) is 2.80. The molecule has 0 N–H and O–H groups in total. The molecule has 0 amide bonds. The molecule has 6 heteroatoms. The van der Waals surface area contributed by atoms with E-state index in [1.165, 1.54) is 0 Å². The fourth-order valence-electron chi connectivity index (χ4n) is 3.69. The Morgan fingerprint density at radius 3 is 1.87 bits per heavy atom. The number of fused-ring (bicyclic) bond motifs is 3. The van der Waals surface area contributed by atoms with Crippen molar-refractivity contribution in [1.82, 2.24) is 4.57 Å². The average molecular weight is 405 g/mol. The zero-order valence-corrected chi connectivity index (χ0v) is 17.4. The number of methoxy groups -OCH3 is 4. The van der Waals surface area contributed by atoms with Crippen molar-refractivity contribution in [3.63, 3.8) is 0 Å². The van der Waals surface area contributed by atoms with Crippen molar-refractivity contribution in [2.75, 3.05) is 28.4 Å². The van der Waals surface area contributed by atoms with Gasteiger partial charge in [0.05, 0.1) is 45.9 Å². The zero-order valence-electron chi connectivity index (χ0n) is 17.4. The molecule has 0 bridgehead atoms. The maximum atomic E-state index is 13.5. The van der Waals surface area contributed by atoms with Gasteiger partial charge in [0.15, 0.2) is 11.5 Å². The molecule has 0 unspecified atom stereocenters. The topological polar surface area (TPSA) is 58.9 Å². The van der Waals surface area contributed by atoms with Gasteiger partial charge in [-0.25, -0.2) is 0 Å². The first-order chi connectivity index (χ1) is 14.6. The second-order valence-electron chi connectivity index (χ2n) is 6.88. The molecular weight excluding hydrogens is 382 g/mol. The molecular formula is C24H23NO5. The molecule has 4 rings (SSSR count). The van der Waals surface area contributed by atoms with Crippen LogP contribution >= 0.6 is 0 Å². The molecule has 0 atom stereocenters. The number of hydrogen-bond acceptors (Lipinski definition) is 5. The van der Waals surface area contributed by atoms with E-state index in [4.69, 9.17) is 18.9 Å². The third-order valence-electron chi connectivity index (χ3n) is 5.28. The highest BCUT2D eigenvalue weighted by atomic mass is 16.5. The third kappa shape index (κ3) is 3.30. The van der Waals surface area contributed by atoms with Gasteiger partial charge in [0.1, 0.15) is 11.5 Å². The molecule has 0 aliphatic heterocycles. The Morgan fingerprint density at radius 2 is 1.27 bits per heavy atom. The second-order valence-corrected chi connectivity index (χ2v) is 6.88. The SMILES string of the molecule is COc1ccc(Cn2c(=O)c3cc(OC)c(OC)cc3c3ccc(OC)cc32)cc1. The van der Waals surface area contributed by atoms with Crippen molar-refractivity contribution in [3.8, 4) is 23.0 Å². The molecule has 0 saturated carbocycles. The Labute approximate surface area is 174 Å². The summed E-state index contributed by atoms with van der Waals surface area (Å²) in [5.41, 5.74) is 1.67. The molecule has 6 nitrogen and oxygen atoms in total. The predicted molar refractivity (Wildman–Crippen MR) is 117 cm³/mol. The van der Waals surface area contributed by atoms with E-state index in [1.807, 2.05) is 48.5 Å². The van der Waals surface area contributed by atoms with Crippen LogP contribution in [0.2, 0.25) is 0 Å². The Balaban J connectivity index is 2.02. The summed E-state index contributed by atoms with van der Waals surface area (Å²) >= 11 is 0. The van der Waals surface area contributed by atoms with Crippen LogP contribution < -0.4 is 24.5 Å². The maximum Gasteiger partial charge on any atom is 0.259 e. The summed E-state index contributed by atoms with van der Waals surface area (Å²) in [6.45, 7) is 0.413. The van der Waals surface area contributed by atoms with Crippen molar-refractivity contribution < 1.29 is 18.9 Å². The first-order valence-electron chi connectivity index (χ1n) is 9.48. The van der Waals surface area contributed by atoms with E-state index in [1.54, 1.807) is 39.1 Å². The Hall–Kier alpha value is -3.67. The van der Waals surface area contributed by atoms with E-state index in [0.717, 1.165) is 27.6 Å². The summed E-state index contributed by atoms with van der Waals surface area (Å²) in [6, 6.07) is 17.0. The lowest BCUT2D eigenvalue weighted by molar-refractivity contribution is 0.356. The van der Waals surface area contributed by atoms with Crippen molar-refractivity contribution in [2.24, 2.45) is 0 Å². The number of rotatable bonds is 6. The largest absolute Gasteiger partial charge is 0.497 e. The Kier molecular flexibility index (Phi) is 5.23. The van der Waals surface area contributed by atoms with E-state index in [0.29, 0.717) is 29.2 Å². The van der Waals surface area contributed by atoms with Crippen LogP contribution in [0.15, 0.2) is 59.4 Å². The number of aromatic nitrogens is 1. The van der Waals surface area contributed by atoms with Crippen LogP contribution in [0.1, 0.15) is 5.56 Å². The van der Waals surface area contributed by atoms with Crippen LogP contribution in [-0.2, 0) is 6.54 Å². The number of hydrogen-bond donors (Lipinski definition) is 0. The lowest BCUT2D eigenvalue weighted by Crippen LogP contribution is -2.21. The molecule has 1 heterocycles. The summed E-state index contributed by atoms with van der Waals surface area (Å²) < 4.78 is 23.3. The number of ether oxygens (including phenoxy) is 4. The summed E-state index contributed by atoms with van der Waals surface area (Å²) in [5.74, 6) is 2.55. The molecule has 0 fully saturated rings. The van der Waals surface area contributed by atoms with Gasteiger partial charge in [0.2, 0.25) is 0 Å². The highest BCUT2D eigenvalue weighted by molar-refractivity contribution is 6.07. The second kappa shape index (κ2) is 7.99. The first-order valence-corrected chi connectivity index (χ1v) is 9.48. The number of nitrogens with zero attached hydrogens (tertiary/aromatic N) is 1. The van der Waals surface area contributed by atoms with Gasteiger partial charge in [-0.05, 0) is 42.0 Å². The van der Waals surface area contributed by atoms with Crippen molar-refractivity contribution >= 4 is 21.7 Å². The van der Waals surface area contributed by atoms with Crippen LogP contribution in [-0.4, -0.2) is 33.0 Å². The lowest BCUT2D eigenvalue weighted by atomic mass is 10.0. The van der Waals surface area contributed by atoms with E-state index in [2.05, 4.69) is 0 Å². The van der Waals surface area contributed by atoms with Crippen LogP contribution in [0, 0.1) is 0 Å². The molecule has 0 radical (unpaired) electrons. The zero-order chi connectivity index (χ0) is 21.3. The van der Waals surface area contributed by atoms with Crippen LogP contribution in [0.5, 0.6) is 23.0 Å². The summed E-state index contributed by atoms with van der Waals surface area (Å²) in [6.07, 6.45) is 0. The van der Waals surface area contributed by atoms with Gasteiger partial charge < -0.3 is 23.5 Å². The lowest BCUT2D eigenvalue weighted by Gasteiger charge is -2.16. The Bertz CT molecular complexity index is 1280. The minimum absolute atomic E-state index is 0.109. The molecule has 1 aromatic heterocycles. The van der Waals surface area contributed by atoms with Crippen LogP contribution in [0.3, 0.4) is 0 Å². The van der Waals surface area contributed by atoms with Gasteiger partial charge in [-0.1, -0.05) is 12.1 Å². The summed E-state index contributed by atoms with van der Waals surface area (Å²) in [4.78, 5) is 13.5. The van der Waals surface area contributed by atoms with E-state index in [-0.39, 0.29) is 5.56 Å². The fourth-order valence-corrected chi connectivity index (χ4v) is 3.69. The molecule has 3 aromatic carbocycles. The number of pyridine rings is 1. The number of benzene rings is 3. The highest BCUT2D eigenvalue weighted by Gasteiger charge is 2.16. The van der Waals surface area contributed by atoms with Crippen molar-refractivity contribution in [3.05, 3.63) is 70.5 Å². The normalized spacial score (nSPS) is 10.9. The van der Waals surface area contributed by atoms with Gasteiger partial charge in [0, 0.05) is 16.8 Å². The van der Waals surface area contributed by atoms with Crippen molar-refractivity contribution in [1.29, 1.82) is 0 Å². The molecule has 154 valence electrons. The van der Waals surface area contributed by atoms with Gasteiger partial charge in [0.25, 0.3) is 5.56 Å². The minimum atomic E-state index is -0.109. The highest BCUT2D eigenvalue weighted by Crippen LogP contribution is 2.35. The van der Waals surface area contributed by atoms with Gasteiger partial charge >= 0.3 is 0 Å². The summed E-state index contributed by atoms with van der Waals surface area (Å²) in [7, 11) is 6.39.